The van der Waals surface area contributed by atoms with Gasteiger partial charge in [-0.3, -0.25) is 0 Å². The number of nitrogens with zero attached hydrogens (tertiary/aromatic N) is 1. The molecule has 72 valence electrons. The summed E-state index contributed by atoms with van der Waals surface area (Å²) in [5.41, 5.74) is 0.708. The average Bonchev–Trinajstić information content (AvgIpc) is 2.71. The minimum Gasteiger partial charge on any atom is -0.507 e. The SMILES string of the molecule is COc1ccc(O)c(-c2nccs2)c1. The van der Waals surface area contributed by atoms with Gasteiger partial charge in [-0.15, -0.1) is 11.3 Å². The highest BCUT2D eigenvalue weighted by atomic mass is 32.1. The van der Waals surface area contributed by atoms with Crippen molar-refractivity contribution in [2.24, 2.45) is 0 Å². The van der Waals surface area contributed by atoms with Crippen LogP contribution in [0.15, 0.2) is 29.8 Å². The van der Waals surface area contributed by atoms with E-state index in [9.17, 15) is 5.11 Å². The van der Waals surface area contributed by atoms with Gasteiger partial charge in [0, 0.05) is 11.6 Å². The molecule has 1 aromatic heterocycles. The molecule has 4 heteroatoms. The molecule has 0 saturated carbocycles. The third-order valence-corrected chi connectivity index (χ3v) is 2.67. The number of phenolic OH excluding ortho intramolecular Hbond substituents is 1. The van der Waals surface area contributed by atoms with Crippen LogP contribution < -0.4 is 4.74 Å². The summed E-state index contributed by atoms with van der Waals surface area (Å²) >= 11 is 1.48. The number of methoxy groups -OCH3 is 1. The van der Waals surface area contributed by atoms with Crippen LogP contribution >= 0.6 is 11.3 Å². The molecule has 0 aliphatic carbocycles. The smallest absolute Gasteiger partial charge is 0.127 e. The zero-order chi connectivity index (χ0) is 9.97. The summed E-state index contributed by atoms with van der Waals surface area (Å²) in [6, 6.07) is 5.09. The van der Waals surface area contributed by atoms with Gasteiger partial charge in [-0.25, -0.2) is 4.98 Å². The highest BCUT2D eigenvalue weighted by molar-refractivity contribution is 7.13. The average molecular weight is 207 g/mol. The van der Waals surface area contributed by atoms with E-state index in [1.807, 2.05) is 5.38 Å². The predicted molar refractivity (Wildman–Crippen MR) is 55.8 cm³/mol. The summed E-state index contributed by atoms with van der Waals surface area (Å²) in [6.45, 7) is 0. The monoisotopic (exact) mass is 207 g/mol. The minimum atomic E-state index is 0.223. The summed E-state index contributed by atoms with van der Waals surface area (Å²) < 4.78 is 5.07. The molecule has 0 radical (unpaired) electrons. The molecule has 0 fully saturated rings. The van der Waals surface area contributed by atoms with E-state index in [1.165, 1.54) is 11.3 Å². The second kappa shape index (κ2) is 3.67. The first-order chi connectivity index (χ1) is 6.81. The van der Waals surface area contributed by atoms with Crippen LogP contribution in [0.3, 0.4) is 0 Å². The van der Waals surface area contributed by atoms with Gasteiger partial charge in [-0.05, 0) is 18.2 Å². The molecule has 0 spiro atoms. The van der Waals surface area contributed by atoms with Crippen molar-refractivity contribution in [3.63, 3.8) is 0 Å². The Morgan fingerprint density at radius 3 is 2.93 bits per heavy atom. The van der Waals surface area contributed by atoms with E-state index in [0.29, 0.717) is 11.3 Å². The highest BCUT2D eigenvalue weighted by Crippen LogP contribution is 2.33. The van der Waals surface area contributed by atoms with Crippen molar-refractivity contribution in [1.82, 2.24) is 4.98 Å². The summed E-state index contributed by atoms with van der Waals surface area (Å²) in [5.74, 6) is 0.939. The van der Waals surface area contributed by atoms with E-state index in [1.54, 1.807) is 31.5 Å². The lowest BCUT2D eigenvalue weighted by Gasteiger charge is -2.04. The molecule has 2 rings (SSSR count). The summed E-state index contributed by atoms with van der Waals surface area (Å²) in [6.07, 6.45) is 1.71. The van der Waals surface area contributed by atoms with E-state index in [-0.39, 0.29) is 5.75 Å². The van der Waals surface area contributed by atoms with E-state index >= 15 is 0 Å². The fraction of sp³-hybridized carbons (Fsp3) is 0.100. The van der Waals surface area contributed by atoms with Gasteiger partial charge in [-0.2, -0.15) is 0 Å². The van der Waals surface area contributed by atoms with Crippen LogP contribution in [-0.4, -0.2) is 17.2 Å². The normalized spacial score (nSPS) is 10.1. The number of hydrogen-bond acceptors (Lipinski definition) is 4. The van der Waals surface area contributed by atoms with E-state index in [2.05, 4.69) is 4.98 Å². The van der Waals surface area contributed by atoms with Crippen molar-refractivity contribution in [3.8, 4) is 22.1 Å². The number of aromatic nitrogens is 1. The Bertz CT molecular complexity index is 426. The largest absolute Gasteiger partial charge is 0.507 e. The van der Waals surface area contributed by atoms with Gasteiger partial charge in [0.05, 0.1) is 12.7 Å². The second-order valence-electron chi connectivity index (χ2n) is 2.72. The number of thiazole rings is 1. The molecule has 0 bridgehead atoms. The van der Waals surface area contributed by atoms with Crippen molar-refractivity contribution in [3.05, 3.63) is 29.8 Å². The van der Waals surface area contributed by atoms with E-state index < -0.39 is 0 Å². The number of ether oxygens (including phenoxy) is 1. The van der Waals surface area contributed by atoms with Crippen LogP contribution in [0.2, 0.25) is 0 Å². The van der Waals surface area contributed by atoms with Gasteiger partial charge in [0.1, 0.15) is 16.5 Å². The first-order valence-corrected chi connectivity index (χ1v) is 4.96. The maximum atomic E-state index is 9.61. The zero-order valence-corrected chi connectivity index (χ0v) is 8.41. The molecule has 14 heavy (non-hydrogen) atoms. The number of phenols is 1. The van der Waals surface area contributed by atoms with Crippen LogP contribution in [0.1, 0.15) is 0 Å². The number of rotatable bonds is 2. The molecule has 0 aliphatic rings. The second-order valence-corrected chi connectivity index (χ2v) is 3.61. The molecule has 0 saturated heterocycles. The van der Waals surface area contributed by atoms with Gasteiger partial charge in [0.25, 0.3) is 0 Å². The highest BCUT2D eigenvalue weighted by Gasteiger charge is 2.07. The molecule has 0 unspecified atom stereocenters. The van der Waals surface area contributed by atoms with Crippen LogP contribution in [0, 0.1) is 0 Å². The molecule has 0 amide bonds. The van der Waals surface area contributed by atoms with E-state index in [0.717, 1.165) is 5.01 Å². The van der Waals surface area contributed by atoms with Crippen LogP contribution in [0.4, 0.5) is 0 Å². The van der Waals surface area contributed by atoms with Crippen LogP contribution in [0.25, 0.3) is 10.6 Å². The summed E-state index contributed by atoms with van der Waals surface area (Å²) in [7, 11) is 1.60. The van der Waals surface area contributed by atoms with Gasteiger partial charge in [0.15, 0.2) is 0 Å². The Morgan fingerprint density at radius 2 is 2.29 bits per heavy atom. The fourth-order valence-electron chi connectivity index (χ4n) is 1.17. The molecular weight excluding hydrogens is 198 g/mol. The number of aromatic hydroxyl groups is 1. The molecule has 0 aliphatic heterocycles. The van der Waals surface area contributed by atoms with Crippen LogP contribution in [-0.2, 0) is 0 Å². The number of hydrogen-bond donors (Lipinski definition) is 1. The molecular formula is C10H9NO2S. The predicted octanol–water partition coefficient (Wildman–Crippen LogP) is 2.52. The van der Waals surface area contributed by atoms with Gasteiger partial charge < -0.3 is 9.84 Å². The van der Waals surface area contributed by atoms with Gasteiger partial charge >= 0.3 is 0 Å². The standard InChI is InChI=1S/C10H9NO2S/c1-13-7-2-3-9(12)8(6-7)10-11-4-5-14-10/h2-6,12H,1H3. The summed E-state index contributed by atoms with van der Waals surface area (Å²) in [5, 5.41) is 12.3. The lowest BCUT2D eigenvalue weighted by molar-refractivity contribution is 0.412. The van der Waals surface area contributed by atoms with Gasteiger partial charge in [0.2, 0.25) is 0 Å². The fourth-order valence-corrected chi connectivity index (χ4v) is 1.83. The first kappa shape index (κ1) is 9.02. The molecule has 1 aromatic carbocycles. The minimum absolute atomic E-state index is 0.223. The molecule has 1 heterocycles. The Balaban J connectivity index is 2.51. The maximum absolute atomic E-state index is 9.61. The molecule has 0 atom stereocenters. The lowest BCUT2D eigenvalue weighted by Crippen LogP contribution is -1.84. The Morgan fingerprint density at radius 1 is 1.43 bits per heavy atom. The van der Waals surface area contributed by atoms with E-state index in [4.69, 9.17) is 4.74 Å². The third-order valence-electron chi connectivity index (χ3n) is 1.87. The molecule has 1 N–H and O–H groups in total. The Kier molecular flexibility index (Phi) is 2.37. The molecule has 2 aromatic rings. The quantitative estimate of drug-likeness (QED) is 0.822. The van der Waals surface area contributed by atoms with Crippen LogP contribution in [0.5, 0.6) is 11.5 Å². The van der Waals surface area contributed by atoms with Crippen molar-refractivity contribution in [1.29, 1.82) is 0 Å². The lowest BCUT2D eigenvalue weighted by atomic mass is 10.2. The Hall–Kier alpha value is -1.55. The number of benzene rings is 1. The topological polar surface area (TPSA) is 42.4 Å². The maximum Gasteiger partial charge on any atom is 0.127 e. The van der Waals surface area contributed by atoms with Crippen molar-refractivity contribution < 1.29 is 9.84 Å². The first-order valence-electron chi connectivity index (χ1n) is 4.08. The summed E-state index contributed by atoms with van der Waals surface area (Å²) in [4.78, 5) is 4.13. The Labute approximate surface area is 85.6 Å². The third kappa shape index (κ3) is 1.56. The molecule has 3 nitrogen and oxygen atoms in total. The zero-order valence-electron chi connectivity index (χ0n) is 7.60. The van der Waals surface area contributed by atoms with Crippen molar-refractivity contribution in [2.75, 3.05) is 7.11 Å². The van der Waals surface area contributed by atoms with Crippen molar-refractivity contribution in [2.45, 2.75) is 0 Å². The van der Waals surface area contributed by atoms with Crippen molar-refractivity contribution >= 4 is 11.3 Å². The van der Waals surface area contributed by atoms with Gasteiger partial charge in [-0.1, -0.05) is 0 Å².